The molecule has 0 radical (unpaired) electrons. The molecule has 0 aliphatic heterocycles. The molecule has 4 N–H and O–H groups in total. The van der Waals surface area contributed by atoms with Crippen molar-refractivity contribution in [3.8, 4) is 0 Å². The molecule has 0 fully saturated rings. The van der Waals surface area contributed by atoms with Crippen molar-refractivity contribution in [2.45, 2.75) is 13.5 Å². The lowest BCUT2D eigenvalue weighted by Gasteiger charge is -2.11. The molecule has 0 aliphatic carbocycles. The topological polar surface area (TPSA) is 70.6 Å². The number of hydrogen-bond donors (Lipinski definition) is 3. The maximum absolute atomic E-state index is 14.0. The van der Waals surface area contributed by atoms with Gasteiger partial charge < -0.3 is 16.3 Å². The van der Waals surface area contributed by atoms with Crippen molar-refractivity contribution in [1.82, 2.24) is 0 Å². The van der Waals surface area contributed by atoms with E-state index in [-0.39, 0.29) is 5.84 Å². The molecule has 0 saturated heterocycles. The minimum Gasteiger partial charge on any atom is -0.409 e. The molecule has 6 heteroatoms. The summed E-state index contributed by atoms with van der Waals surface area (Å²) < 4.78 is 14.0. The first-order valence-electron chi connectivity index (χ1n) is 6.28. The molecule has 4 nitrogen and oxygen atoms in total. The summed E-state index contributed by atoms with van der Waals surface area (Å²) in [6.45, 7) is 2.20. The molecular weight excluding hydrogens is 293 g/mol. The van der Waals surface area contributed by atoms with E-state index in [1.807, 2.05) is 19.1 Å². The van der Waals surface area contributed by atoms with Gasteiger partial charge in [0, 0.05) is 28.4 Å². The fraction of sp³-hybridized carbons (Fsp3) is 0.133. The zero-order valence-corrected chi connectivity index (χ0v) is 12.2. The van der Waals surface area contributed by atoms with Crippen molar-refractivity contribution in [1.29, 1.82) is 0 Å². The van der Waals surface area contributed by atoms with Crippen molar-refractivity contribution < 1.29 is 9.60 Å². The van der Waals surface area contributed by atoms with Crippen LogP contribution in [-0.4, -0.2) is 11.0 Å². The quantitative estimate of drug-likeness (QED) is 0.350. The minimum absolute atomic E-state index is 0.126. The second-order valence-corrected chi connectivity index (χ2v) is 4.96. The second-order valence-electron chi connectivity index (χ2n) is 4.56. The van der Waals surface area contributed by atoms with Gasteiger partial charge in [-0.25, -0.2) is 4.39 Å². The van der Waals surface area contributed by atoms with Crippen molar-refractivity contribution in [3.63, 3.8) is 0 Å². The third-order valence-corrected chi connectivity index (χ3v) is 3.60. The zero-order chi connectivity index (χ0) is 15.4. The Labute approximate surface area is 127 Å². The Hall–Kier alpha value is -2.27. The van der Waals surface area contributed by atoms with E-state index in [4.69, 9.17) is 22.5 Å². The lowest BCUT2D eigenvalue weighted by Crippen LogP contribution is -2.14. The van der Waals surface area contributed by atoms with Gasteiger partial charge in [-0.3, -0.25) is 0 Å². The maximum atomic E-state index is 14.0. The van der Waals surface area contributed by atoms with Gasteiger partial charge in [-0.1, -0.05) is 35.0 Å². The fourth-order valence-corrected chi connectivity index (χ4v) is 2.07. The summed E-state index contributed by atoms with van der Waals surface area (Å²) in [6, 6.07) is 9.93. The summed E-state index contributed by atoms with van der Waals surface area (Å²) in [5.41, 5.74) is 7.98. The number of nitrogens with zero attached hydrogens (tertiary/aromatic N) is 1. The van der Waals surface area contributed by atoms with Crippen LogP contribution in [0, 0.1) is 12.7 Å². The highest BCUT2D eigenvalue weighted by Gasteiger charge is 2.07. The van der Waals surface area contributed by atoms with Gasteiger partial charge in [-0.05, 0) is 30.7 Å². The third-order valence-electron chi connectivity index (χ3n) is 3.19. The van der Waals surface area contributed by atoms with Crippen LogP contribution >= 0.6 is 11.6 Å². The van der Waals surface area contributed by atoms with Gasteiger partial charge in [-0.2, -0.15) is 0 Å². The first kappa shape index (κ1) is 15.1. The Morgan fingerprint density at radius 3 is 2.81 bits per heavy atom. The Morgan fingerprint density at radius 2 is 2.14 bits per heavy atom. The van der Waals surface area contributed by atoms with Crippen LogP contribution in [-0.2, 0) is 6.54 Å². The predicted molar refractivity (Wildman–Crippen MR) is 82.4 cm³/mol. The Bertz CT molecular complexity index is 689. The monoisotopic (exact) mass is 307 g/mol. The molecule has 0 saturated carbocycles. The molecule has 0 aromatic heterocycles. The Balaban J connectivity index is 2.15. The van der Waals surface area contributed by atoms with E-state index in [1.165, 1.54) is 6.07 Å². The summed E-state index contributed by atoms with van der Waals surface area (Å²) in [6.07, 6.45) is 0. The van der Waals surface area contributed by atoms with Crippen molar-refractivity contribution in [3.05, 3.63) is 63.9 Å². The summed E-state index contributed by atoms with van der Waals surface area (Å²) in [5.74, 6) is -0.551. The highest BCUT2D eigenvalue weighted by Crippen LogP contribution is 2.23. The van der Waals surface area contributed by atoms with Crippen LogP contribution in [0.2, 0.25) is 5.02 Å². The van der Waals surface area contributed by atoms with E-state index in [9.17, 15) is 4.39 Å². The van der Waals surface area contributed by atoms with Gasteiger partial charge in [0.05, 0.1) is 0 Å². The summed E-state index contributed by atoms with van der Waals surface area (Å²) >= 11 is 6.03. The lowest BCUT2D eigenvalue weighted by molar-refractivity contribution is 0.318. The fourth-order valence-electron chi connectivity index (χ4n) is 1.90. The summed E-state index contributed by atoms with van der Waals surface area (Å²) in [5, 5.41) is 15.2. The standard InChI is InChI=1S/C15H15ClFN3O/c1-9-12(16)3-2-4-14(9)19-8-11-6-5-10(7-13(11)17)15(18)20-21/h2-7,19,21H,8H2,1H3,(H2,18,20). The molecule has 2 rings (SSSR count). The zero-order valence-electron chi connectivity index (χ0n) is 11.4. The number of oxime groups is 1. The van der Waals surface area contributed by atoms with E-state index in [0.29, 0.717) is 22.7 Å². The minimum atomic E-state index is -0.425. The molecular formula is C15H15ClFN3O. The lowest BCUT2D eigenvalue weighted by atomic mass is 10.1. The highest BCUT2D eigenvalue weighted by atomic mass is 35.5. The van der Waals surface area contributed by atoms with Gasteiger partial charge in [-0.15, -0.1) is 0 Å². The molecule has 110 valence electrons. The van der Waals surface area contributed by atoms with Crippen LogP contribution in [0.15, 0.2) is 41.6 Å². The molecule has 0 aliphatic rings. The predicted octanol–water partition coefficient (Wildman–Crippen LogP) is 3.49. The summed E-state index contributed by atoms with van der Waals surface area (Å²) in [4.78, 5) is 0. The average Bonchev–Trinajstić information content (AvgIpc) is 2.49. The van der Waals surface area contributed by atoms with Gasteiger partial charge >= 0.3 is 0 Å². The van der Waals surface area contributed by atoms with E-state index in [0.717, 1.165) is 11.3 Å². The van der Waals surface area contributed by atoms with E-state index in [1.54, 1.807) is 18.2 Å². The van der Waals surface area contributed by atoms with E-state index >= 15 is 0 Å². The van der Waals surface area contributed by atoms with Gasteiger partial charge in [0.25, 0.3) is 0 Å². The van der Waals surface area contributed by atoms with Crippen LogP contribution in [0.4, 0.5) is 10.1 Å². The molecule has 0 spiro atoms. The van der Waals surface area contributed by atoms with E-state index in [2.05, 4.69) is 10.5 Å². The first-order chi connectivity index (χ1) is 10.0. The number of nitrogens with one attached hydrogen (secondary N) is 1. The van der Waals surface area contributed by atoms with Gasteiger partial charge in [0.2, 0.25) is 0 Å². The van der Waals surface area contributed by atoms with Crippen LogP contribution in [0.3, 0.4) is 0 Å². The number of rotatable bonds is 4. The van der Waals surface area contributed by atoms with Crippen molar-refractivity contribution >= 4 is 23.1 Å². The van der Waals surface area contributed by atoms with Crippen LogP contribution in [0.1, 0.15) is 16.7 Å². The van der Waals surface area contributed by atoms with E-state index < -0.39 is 5.82 Å². The molecule has 0 heterocycles. The Morgan fingerprint density at radius 1 is 1.38 bits per heavy atom. The van der Waals surface area contributed by atoms with Crippen molar-refractivity contribution in [2.24, 2.45) is 10.9 Å². The molecule has 0 atom stereocenters. The van der Waals surface area contributed by atoms with Gasteiger partial charge in [0.15, 0.2) is 5.84 Å². The highest BCUT2D eigenvalue weighted by molar-refractivity contribution is 6.31. The molecule has 2 aromatic carbocycles. The smallest absolute Gasteiger partial charge is 0.170 e. The SMILES string of the molecule is Cc1c(Cl)cccc1NCc1ccc(C(N)=NO)cc1F. The third kappa shape index (κ3) is 3.44. The van der Waals surface area contributed by atoms with Crippen LogP contribution in [0.25, 0.3) is 0 Å². The number of hydrogen-bond acceptors (Lipinski definition) is 3. The van der Waals surface area contributed by atoms with Gasteiger partial charge in [0.1, 0.15) is 5.82 Å². The molecule has 0 bridgehead atoms. The first-order valence-corrected chi connectivity index (χ1v) is 6.66. The number of amidine groups is 1. The second kappa shape index (κ2) is 6.45. The number of halogens is 2. The normalized spacial score (nSPS) is 11.5. The number of anilines is 1. The van der Waals surface area contributed by atoms with Crippen molar-refractivity contribution in [2.75, 3.05) is 5.32 Å². The van der Waals surface area contributed by atoms with Crippen LogP contribution in [0.5, 0.6) is 0 Å². The molecule has 0 amide bonds. The maximum Gasteiger partial charge on any atom is 0.170 e. The molecule has 0 unspecified atom stereocenters. The largest absolute Gasteiger partial charge is 0.409 e. The van der Waals surface area contributed by atoms with Crippen LogP contribution < -0.4 is 11.1 Å². The summed E-state index contributed by atoms with van der Waals surface area (Å²) in [7, 11) is 0. The molecule has 2 aromatic rings. The average molecular weight is 308 g/mol. The Kier molecular flexibility index (Phi) is 4.65. The number of nitrogens with two attached hydrogens (primary N) is 1. The number of benzene rings is 2. The molecule has 21 heavy (non-hydrogen) atoms.